The fraction of sp³-hybridized carbons (Fsp3) is 0.174. The van der Waals surface area contributed by atoms with E-state index in [1.54, 1.807) is 23.9 Å². The van der Waals surface area contributed by atoms with Crippen LogP contribution in [-0.4, -0.2) is 20.2 Å². The number of phenolic OH excluding ortho intramolecular Hbond substituents is 1. The van der Waals surface area contributed by atoms with Crippen LogP contribution >= 0.6 is 23.5 Å². The van der Waals surface area contributed by atoms with Crippen molar-refractivity contribution in [2.45, 2.75) is 28.9 Å². The summed E-state index contributed by atoms with van der Waals surface area (Å²) in [7, 11) is 0. The number of nitrogens with zero attached hydrogens (tertiary/aromatic N) is 2. The van der Waals surface area contributed by atoms with Crippen LogP contribution in [0.2, 0.25) is 0 Å². The highest BCUT2D eigenvalue weighted by molar-refractivity contribution is 7.99. The van der Waals surface area contributed by atoms with E-state index in [-0.39, 0.29) is 0 Å². The third kappa shape index (κ3) is 4.54. The molecular weight excluding hydrogens is 384 g/mol. The van der Waals surface area contributed by atoms with Crippen molar-refractivity contribution in [2.75, 3.05) is 5.75 Å². The Morgan fingerprint density at radius 1 is 1.00 bits per heavy atom. The summed E-state index contributed by atoms with van der Waals surface area (Å²) < 4.78 is 2.22. The van der Waals surface area contributed by atoms with Crippen molar-refractivity contribution in [1.82, 2.24) is 9.38 Å². The number of phenols is 1. The number of thioether (sulfide) groups is 1. The lowest BCUT2D eigenvalue weighted by Crippen LogP contribution is -1.95. The van der Waals surface area contributed by atoms with Gasteiger partial charge in [-0.2, -0.15) is 11.8 Å². The number of aromatic nitrogens is 2. The third-order valence-corrected chi connectivity index (χ3v) is 6.50. The predicted octanol–water partition coefficient (Wildman–Crippen LogP) is 5.98. The molecule has 142 valence electrons. The van der Waals surface area contributed by atoms with Gasteiger partial charge in [0.15, 0.2) is 0 Å². The SMILES string of the molecule is Cc1cc(Sc2ccc(O)cc2)cn2c(CSCCc3ccccc3)cnc12. The normalized spacial score (nSPS) is 11.2. The Morgan fingerprint density at radius 3 is 2.57 bits per heavy atom. The lowest BCUT2D eigenvalue weighted by atomic mass is 10.2. The first kappa shape index (κ1) is 19.0. The molecule has 0 aliphatic carbocycles. The molecule has 0 amide bonds. The maximum absolute atomic E-state index is 9.47. The highest BCUT2D eigenvalue weighted by Crippen LogP contribution is 2.31. The number of benzene rings is 2. The molecule has 0 bridgehead atoms. The molecule has 0 unspecified atom stereocenters. The highest BCUT2D eigenvalue weighted by atomic mass is 32.2. The summed E-state index contributed by atoms with van der Waals surface area (Å²) in [6.45, 7) is 2.11. The summed E-state index contributed by atoms with van der Waals surface area (Å²) in [6, 6.07) is 20.1. The Balaban J connectivity index is 1.46. The molecule has 4 rings (SSSR count). The van der Waals surface area contributed by atoms with Crippen molar-refractivity contribution >= 4 is 29.2 Å². The molecule has 0 aliphatic heterocycles. The Hall–Kier alpha value is -2.37. The Labute approximate surface area is 173 Å². The van der Waals surface area contributed by atoms with Crippen LogP contribution in [0.25, 0.3) is 5.65 Å². The summed E-state index contributed by atoms with van der Waals surface area (Å²) >= 11 is 3.64. The van der Waals surface area contributed by atoms with E-state index < -0.39 is 0 Å². The molecule has 0 radical (unpaired) electrons. The fourth-order valence-corrected chi connectivity index (χ4v) is 4.98. The first-order valence-electron chi connectivity index (χ1n) is 9.24. The summed E-state index contributed by atoms with van der Waals surface area (Å²) in [5, 5.41) is 9.47. The fourth-order valence-electron chi connectivity index (χ4n) is 3.10. The van der Waals surface area contributed by atoms with Crippen molar-refractivity contribution in [3.63, 3.8) is 0 Å². The maximum Gasteiger partial charge on any atom is 0.139 e. The number of pyridine rings is 1. The van der Waals surface area contributed by atoms with Gasteiger partial charge in [0.25, 0.3) is 0 Å². The molecule has 2 aromatic carbocycles. The molecule has 0 fully saturated rings. The number of imidazole rings is 1. The zero-order valence-electron chi connectivity index (χ0n) is 15.7. The summed E-state index contributed by atoms with van der Waals surface area (Å²) in [4.78, 5) is 6.90. The van der Waals surface area contributed by atoms with Crippen LogP contribution in [0.5, 0.6) is 5.75 Å². The molecule has 4 aromatic rings. The van der Waals surface area contributed by atoms with Crippen molar-refractivity contribution in [3.05, 3.63) is 89.9 Å². The van der Waals surface area contributed by atoms with Crippen molar-refractivity contribution in [3.8, 4) is 5.75 Å². The van der Waals surface area contributed by atoms with Gasteiger partial charge in [0, 0.05) is 21.7 Å². The van der Waals surface area contributed by atoms with Crippen LogP contribution in [0.1, 0.15) is 16.8 Å². The molecule has 0 atom stereocenters. The molecule has 0 aliphatic rings. The number of hydrogen-bond donors (Lipinski definition) is 1. The van der Waals surface area contributed by atoms with E-state index in [0.29, 0.717) is 5.75 Å². The monoisotopic (exact) mass is 406 g/mol. The van der Waals surface area contributed by atoms with Crippen LogP contribution in [0.3, 0.4) is 0 Å². The van der Waals surface area contributed by atoms with Crippen LogP contribution in [0.15, 0.2) is 82.8 Å². The number of aromatic hydroxyl groups is 1. The van der Waals surface area contributed by atoms with Gasteiger partial charge < -0.3 is 9.51 Å². The first-order valence-corrected chi connectivity index (χ1v) is 11.2. The minimum atomic E-state index is 0.292. The summed E-state index contributed by atoms with van der Waals surface area (Å²) in [5.74, 6) is 2.33. The zero-order valence-corrected chi connectivity index (χ0v) is 17.3. The van der Waals surface area contributed by atoms with Gasteiger partial charge in [-0.3, -0.25) is 0 Å². The molecule has 0 saturated carbocycles. The highest BCUT2D eigenvalue weighted by Gasteiger charge is 2.09. The van der Waals surface area contributed by atoms with Gasteiger partial charge in [0.05, 0.1) is 11.9 Å². The first-order chi connectivity index (χ1) is 13.7. The Bertz CT molecular complexity index is 1060. The average Bonchev–Trinajstić information content (AvgIpc) is 3.11. The second-order valence-electron chi connectivity index (χ2n) is 6.69. The van der Waals surface area contributed by atoms with Gasteiger partial charge in [-0.1, -0.05) is 42.1 Å². The predicted molar refractivity (Wildman–Crippen MR) is 118 cm³/mol. The zero-order chi connectivity index (χ0) is 19.3. The van der Waals surface area contributed by atoms with E-state index in [2.05, 4.69) is 58.9 Å². The van der Waals surface area contributed by atoms with Crippen LogP contribution in [0, 0.1) is 6.92 Å². The van der Waals surface area contributed by atoms with Crippen molar-refractivity contribution < 1.29 is 5.11 Å². The second kappa shape index (κ2) is 8.76. The molecule has 0 saturated heterocycles. The van der Waals surface area contributed by atoms with Crippen molar-refractivity contribution in [1.29, 1.82) is 0 Å². The minimum Gasteiger partial charge on any atom is -0.508 e. The molecule has 1 N–H and O–H groups in total. The molecule has 3 nitrogen and oxygen atoms in total. The van der Waals surface area contributed by atoms with Gasteiger partial charge in [-0.15, -0.1) is 0 Å². The van der Waals surface area contributed by atoms with Gasteiger partial charge in [0.1, 0.15) is 11.4 Å². The van der Waals surface area contributed by atoms with Crippen LogP contribution in [0.4, 0.5) is 0 Å². The number of hydrogen-bond acceptors (Lipinski definition) is 4. The van der Waals surface area contributed by atoms with E-state index in [1.165, 1.54) is 21.7 Å². The summed E-state index contributed by atoms with van der Waals surface area (Å²) in [5.41, 5.74) is 4.80. The Kier molecular flexibility index (Phi) is 5.93. The minimum absolute atomic E-state index is 0.292. The molecule has 28 heavy (non-hydrogen) atoms. The number of fused-ring (bicyclic) bond motifs is 1. The third-order valence-electron chi connectivity index (χ3n) is 4.54. The maximum atomic E-state index is 9.47. The van der Waals surface area contributed by atoms with Gasteiger partial charge >= 0.3 is 0 Å². The summed E-state index contributed by atoms with van der Waals surface area (Å²) in [6.07, 6.45) is 5.25. The van der Waals surface area contributed by atoms with E-state index in [0.717, 1.165) is 28.5 Å². The molecule has 5 heteroatoms. The lowest BCUT2D eigenvalue weighted by molar-refractivity contribution is 0.475. The quantitative estimate of drug-likeness (QED) is 0.383. The van der Waals surface area contributed by atoms with E-state index in [1.807, 2.05) is 30.1 Å². The van der Waals surface area contributed by atoms with Crippen molar-refractivity contribution in [2.24, 2.45) is 0 Å². The largest absolute Gasteiger partial charge is 0.508 e. The topological polar surface area (TPSA) is 37.5 Å². The standard InChI is InChI=1S/C23H22N2OS2/c1-17-13-22(28-21-9-7-20(26)8-10-21)15-25-19(14-24-23(17)25)16-27-12-11-18-5-3-2-4-6-18/h2-10,13-15,26H,11-12,16H2,1H3. The van der Waals surface area contributed by atoms with E-state index >= 15 is 0 Å². The second-order valence-corrected chi connectivity index (χ2v) is 8.94. The van der Waals surface area contributed by atoms with Gasteiger partial charge in [0.2, 0.25) is 0 Å². The van der Waals surface area contributed by atoms with Gasteiger partial charge in [-0.05, 0) is 60.6 Å². The van der Waals surface area contributed by atoms with Crippen LogP contribution in [-0.2, 0) is 12.2 Å². The molecule has 0 spiro atoms. The van der Waals surface area contributed by atoms with E-state index in [9.17, 15) is 5.11 Å². The Morgan fingerprint density at radius 2 is 1.79 bits per heavy atom. The van der Waals surface area contributed by atoms with E-state index in [4.69, 9.17) is 0 Å². The average molecular weight is 407 g/mol. The molecular formula is C23H22N2OS2. The molecule has 2 heterocycles. The number of rotatable bonds is 7. The lowest BCUT2D eigenvalue weighted by Gasteiger charge is -2.08. The number of aryl methyl sites for hydroxylation is 2. The smallest absolute Gasteiger partial charge is 0.139 e. The van der Waals surface area contributed by atoms with Gasteiger partial charge in [-0.25, -0.2) is 4.98 Å². The molecule has 2 aromatic heterocycles. The van der Waals surface area contributed by atoms with Crippen LogP contribution < -0.4 is 0 Å².